The molecule has 8 nitrogen and oxygen atoms in total. The molecule has 0 radical (unpaired) electrons. The lowest BCUT2D eigenvalue weighted by Gasteiger charge is -2.04. The highest BCUT2D eigenvalue weighted by atomic mass is 32.1. The van der Waals surface area contributed by atoms with Crippen molar-refractivity contribution in [3.63, 3.8) is 0 Å². The molecule has 0 aliphatic carbocycles. The summed E-state index contributed by atoms with van der Waals surface area (Å²) in [5.74, 6) is -0.428. The van der Waals surface area contributed by atoms with Crippen LogP contribution in [0.15, 0.2) is 40.2 Å². The Labute approximate surface area is 159 Å². The molecule has 0 saturated carbocycles. The maximum atomic E-state index is 11.9. The molecule has 2 aromatic heterocycles. The number of esters is 1. The number of hydrogen-bond donors (Lipinski definition) is 1. The van der Waals surface area contributed by atoms with E-state index in [0.29, 0.717) is 10.9 Å². The maximum Gasteiger partial charge on any atom is 0.344 e. The molecule has 0 bridgehead atoms. The van der Waals surface area contributed by atoms with Gasteiger partial charge in [-0.05, 0) is 19.0 Å². The van der Waals surface area contributed by atoms with Crippen molar-refractivity contribution in [3.8, 4) is 17.1 Å². The van der Waals surface area contributed by atoms with Gasteiger partial charge in [0.05, 0.1) is 5.69 Å². The number of anilines is 1. The van der Waals surface area contributed by atoms with Gasteiger partial charge in [-0.25, -0.2) is 9.78 Å². The lowest BCUT2D eigenvalue weighted by atomic mass is 10.1. The van der Waals surface area contributed by atoms with Crippen LogP contribution in [-0.4, -0.2) is 35.2 Å². The van der Waals surface area contributed by atoms with Gasteiger partial charge in [0.15, 0.2) is 18.3 Å². The van der Waals surface area contributed by atoms with Crippen molar-refractivity contribution in [1.82, 2.24) is 10.1 Å². The predicted molar refractivity (Wildman–Crippen MR) is 98.6 cm³/mol. The molecule has 1 aromatic carbocycles. The zero-order valence-electron chi connectivity index (χ0n) is 14.7. The molecule has 3 aromatic rings. The Balaban J connectivity index is 1.44. The van der Waals surface area contributed by atoms with Gasteiger partial charge in [0.2, 0.25) is 0 Å². The first kappa shape index (κ1) is 18.6. The molecule has 0 aliphatic heterocycles. The van der Waals surface area contributed by atoms with Crippen LogP contribution in [0.5, 0.6) is 5.88 Å². The van der Waals surface area contributed by atoms with Gasteiger partial charge in [0, 0.05) is 17.0 Å². The molecule has 0 saturated heterocycles. The minimum atomic E-state index is -0.690. The zero-order valence-corrected chi connectivity index (χ0v) is 15.5. The molecule has 2 heterocycles. The Hall–Kier alpha value is -3.20. The number of amides is 1. The van der Waals surface area contributed by atoms with Crippen LogP contribution in [0, 0.1) is 13.8 Å². The van der Waals surface area contributed by atoms with Gasteiger partial charge in [-0.3, -0.25) is 10.1 Å². The average Bonchev–Trinajstić information content (AvgIpc) is 3.28. The van der Waals surface area contributed by atoms with Gasteiger partial charge in [0.25, 0.3) is 11.8 Å². The third-order valence-corrected chi connectivity index (χ3v) is 4.16. The summed E-state index contributed by atoms with van der Waals surface area (Å²) in [7, 11) is 0. The van der Waals surface area contributed by atoms with Crippen molar-refractivity contribution in [2.75, 3.05) is 18.5 Å². The second kappa shape index (κ2) is 8.45. The SMILES string of the molecule is Cc1ccc(-c2csc(NC(=O)COC(=O)COc3cc(C)on3)n2)cc1. The molecule has 0 fully saturated rings. The van der Waals surface area contributed by atoms with E-state index in [-0.39, 0.29) is 12.5 Å². The van der Waals surface area contributed by atoms with E-state index in [1.165, 1.54) is 17.4 Å². The largest absolute Gasteiger partial charge is 0.463 e. The predicted octanol–water partition coefficient (Wildman–Crippen LogP) is 2.98. The quantitative estimate of drug-likeness (QED) is 0.622. The average molecular weight is 387 g/mol. The Kier molecular flexibility index (Phi) is 5.82. The molecule has 0 aliphatic rings. The standard InChI is InChI=1S/C18H17N3O5S/c1-11-3-5-13(6-4-11)14-10-27-18(19-14)20-15(22)8-25-17(23)9-24-16-7-12(2)26-21-16/h3-7,10H,8-9H2,1-2H3,(H,19,20,22). The number of benzene rings is 1. The van der Waals surface area contributed by atoms with Crippen LogP contribution in [0.3, 0.4) is 0 Å². The topological polar surface area (TPSA) is 104 Å². The van der Waals surface area contributed by atoms with Crippen LogP contribution in [-0.2, 0) is 14.3 Å². The van der Waals surface area contributed by atoms with Crippen molar-refractivity contribution >= 4 is 28.3 Å². The number of carbonyl (C=O) groups excluding carboxylic acids is 2. The lowest BCUT2D eigenvalue weighted by Crippen LogP contribution is -2.23. The normalized spacial score (nSPS) is 10.4. The molecule has 140 valence electrons. The van der Waals surface area contributed by atoms with Crippen molar-refractivity contribution in [2.45, 2.75) is 13.8 Å². The third-order valence-electron chi connectivity index (χ3n) is 3.41. The number of thiazole rings is 1. The van der Waals surface area contributed by atoms with E-state index in [9.17, 15) is 9.59 Å². The molecule has 0 atom stereocenters. The van der Waals surface area contributed by atoms with Crippen LogP contribution < -0.4 is 10.1 Å². The Bertz CT molecular complexity index is 933. The number of rotatable bonds is 7. The number of aryl methyl sites for hydroxylation is 2. The Morgan fingerprint density at radius 3 is 2.67 bits per heavy atom. The Morgan fingerprint density at radius 1 is 1.19 bits per heavy atom. The van der Waals surface area contributed by atoms with Gasteiger partial charge >= 0.3 is 5.97 Å². The fourth-order valence-electron chi connectivity index (χ4n) is 2.08. The van der Waals surface area contributed by atoms with Crippen molar-refractivity contribution in [1.29, 1.82) is 0 Å². The number of nitrogens with one attached hydrogen (secondary N) is 1. The molecule has 0 spiro atoms. The molecule has 1 amide bonds. The zero-order chi connectivity index (χ0) is 19.2. The van der Waals surface area contributed by atoms with Gasteiger partial charge < -0.3 is 14.0 Å². The number of nitrogens with zero attached hydrogens (tertiary/aromatic N) is 2. The molecule has 3 rings (SSSR count). The summed E-state index contributed by atoms with van der Waals surface area (Å²) in [5, 5.41) is 8.46. The highest BCUT2D eigenvalue weighted by molar-refractivity contribution is 7.14. The first-order chi connectivity index (χ1) is 13.0. The van der Waals surface area contributed by atoms with Crippen molar-refractivity contribution in [3.05, 3.63) is 47.0 Å². The number of carbonyl (C=O) groups is 2. The number of hydrogen-bond acceptors (Lipinski definition) is 8. The van der Waals surface area contributed by atoms with E-state index < -0.39 is 18.5 Å². The van der Waals surface area contributed by atoms with Gasteiger partial charge in [-0.15, -0.1) is 11.3 Å². The van der Waals surface area contributed by atoms with E-state index in [1.807, 2.05) is 36.6 Å². The number of aromatic nitrogens is 2. The second-order valence-electron chi connectivity index (χ2n) is 5.68. The maximum absolute atomic E-state index is 11.9. The highest BCUT2D eigenvalue weighted by Crippen LogP contribution is 2.25. The van der Waals surface area contributed by atoms with E-state index in [1.54, 1.807) is 6.92 Å². The summed E-state index contributed by atoms with van der Waals surface area (Å²) in [5.41, 5.74) is 2.89. The Morgan fingerprint density at radius 2 is 1.96 bits per heavy atom. The first-order valence-corrected chi connectivity index (χ1v) is 8.92. The van der Waals surface area contributed by atoms with Crippen LogP contribution in [0.1, 0.15) is 11.3 Å². The summed E-state index contributed by atoms with van der Waals surface area (Å²) in [4.78, 5) is 27.9. The molecule has 0 unspecified atom stereocenters. The van der Waals surface area contributed by atoms with Crippen LogP contribution in [0.4, 0.5) is 5.13 Å². The summed E-state index contributed by atoms with van der Waals surface area (Å²) >= 11 is 1.29. The second-order valence-corrected chi connectivity index (χ2v) is 6.54. The minimum absolute atomic E-state index is 0.181. The summed E-state index contributed by atoms with van der Waals surface area (Å²) in [6.07, 6.45) is 0. The van der Waals surface area contributed by atoms with Crippen molar-refractivity contribution < 1.29 is 23.6 Å². The van der Waals surface area contributed by atoms with Gasteiger partial charge in [0.1, 0.15) is 5.76 Å². The van der Waals surface area contributed by atoms with Gasteiger partial charge in [-0.2, -0.15) is 0 Å². The molecular weight excluding hydrogens is 370 g/mol. The van der Waals surface area contributed by atoms with Crippen LogP contribution in [0.2, 0.25) is 0 Å². The summed E-state index contributed by atoms with van der Waals surface area (Å²) < 4.78 is 14.7. The van der Waals surface area contributed by atoms with Gasteiger partial charge in [-0.1, -0.05) is 29.8 Å². The van der Waals surface area contributed by atoms with E-state index in [0.717, 1.165) is 16.8 Å². The van der Waals surface area contributed by atoms with Crippen molar-refractivity contribution in [2.24, 2.45) is 0 Å². The molecule has 1 N–H and O–H groups in total. The highest BCUT2D eigenvalue weighted by Gasteiger charge is 2.12. The summed E-state index contributed by atoms with van der Waals surface area (Å²) in [6, 6.07) is 9.46. The first-order valence-electron chi connectivity index (χ1n) is 8.04. The summed E-state index contributed by atoms with van der Waals surface area (Å²) in [6.45, 7) is 2.91. The fourth-order valence-corrected chi connectivity index (χ4v) is 2.81. The smallest absolute Gasteiger partial charge is 0.344 e. The number of ether oxygens (including phenoxy) is 2. The third kappa shape index (κ3) is 5.38. The lowest BCUT2D eigenvalue weighted by molar-refractivity contribution is -0.149. The molecular formula is C18H17N3O5S. The molecule has 27 heavy (non-hydrogen) atoms. The minimum Gasteiger partial charge on any atom is -0.463 e. The monoisotopic (exact) mass is 387 g/mol. The van der Waals surface area contributed by atoms with Crippen LogP contribution in [0.25, 0.3) is 11.3 Å². The van der Waals surface area contributed by atoms with E-state index >= 15 is 0 Å². The van der Waals surface area contributed by atoms with E-state index in [4.69, 9.17) is 14.0 Å². The van der Waals surface area contributed by atoms with Crippen LogP contribution >= 0.6 is 11.3 Å². The fraction of sp³-hybridized carbons (Fsp3) is 0.222. The van der Waals surface area contributed by atoms with E-state index in [2.05, 4.69) is 15.5 Å². The molecule has 9 heteroatoms.